The Kier molecular flexibility index (Phi) is 24.3. The number of esters is 2. The first-order valence-corrected chi connectivity index (χ1v) is 28.0. The molecule has 1 aromatic rings. The molecule has 0 radical (unpaired) electrons. The van der Waals surface area contributed by atoms with Gasteiger partial charge in [0.1, 0.15) is 54.2 Å². The van der Waals surface area contributed by atoms with Crippen LogP contribution < -0.4 is 20.7 Å². The van der Waals surface area contributed by atoms with Gasteiger partial charge in [0.25, 0.3) is 5.91 Å². The van der Waals surface area contributed by atoms with Crippen molar-refractivity contribution in [2.45, 2.75) is 201 Å². The number of likely N-dealkylation sites (N-methyl/N-ethyl adjacent to an activating group) is 2. The largest absolute Gasteiger partial charge is 0.497 e. The van der Waals surface area contributed by atoms with Gasteiger partial charge in [0, 0.05) is 33.6 Å². The highest BCUT2D eigenvalue weighted by atomic mass is 16.6. The summed E-state index contributed by atoms with van der Waals surface area (Å²) < 4.78 is 17.2. The van der Waals surface area contributed by atoms with Gasteiger partial charge in [0.15, 0.2) is 11.9 Å². The Morgan fingerprint density at radius 2 is 1.49 bits per heavy atom. The number of cyclic esters (lactones) is 2. The number of fused-ring (bicyclic) bond motifs is 1. The SMILES string of the molecule is CCC(C)[C@H]1NC(=O)[C@@H](NC(=O)[C@@H](CC(C)C)N(C)C(=O)C2CCCN2C(=O)C(C)O)[C@@H](C)OC(=O)[C@H](Cc2ccc(OC)cc2)N(C)C(=O)[C@@H]2CCCN2C(=O)[C@H](CC(C)C)NC(=O)[C@@H](C)C(=O)[C@H](C(C)C)OC(=O)C[C@@H]1O. The Hall–Kier alpha value is -6.16. The molecule has 3 saturated heterocycles. The van der Waals surface area contributed by atoms with Crippen molar-refractivity contribution < 1.29 is 72.4 Å². The van der Waals surface area contributed by atoms with Crippen molar-refractivity contribution in [3.8, 4) is 5.75 Å². The lowest BCUT2D eigenvalue weighted by molar-refractivity contribution is -0.163. The number of nitrogens with one attached hydrogen (secondary N) is 3. The van der Waals surface area contributed by atoms with Crippen molar-refractivity contribution in [1.29, 1.82) is 0 Å². The van der Waals surface area contributed by atoms with Crippen LogP contribution >= 0.6 is 0 Å². The fourth-order valence-electron chi connectivity index (χ4n) is 10.5. The lowest BCUT2D eigenvalue weighted by Gasteiger charge is -2.36. The van der Waals surface area contributed by atoms with Crippen LogP contribution in [-0.2, 0) is 63.8 Å². The number of carbonyl (C=O) groups excluding carboxylic acids is 10. The van der Waals surface area contributed by atoms with E-state index in [1.807, 2.05) is 27.7 Å². The maximum absolute atomic E-state index is 15.0. The van der Waals surface area contributed by atoms with Gasteiger partial charge in [-0.3, -0.25) is 43.2 Å². The highest BCUT2D eigenvalue weighted by Crippen LogP contribution is 2.27. The highest BCUT2D eigenvalue weighted by Gasteiger charge is 2.46. The first-order chi connectivity index (χ1) is 37.0. The maximum Gasteiger partial charge on any atom is 0.329 e. The Bertz CT molecular complexity index is 2330. The van der Waals surface area contributed by atoms with Gasteiger partial charge < -0.3 is 60.0 Å². The predicted molar refractivity (Wildman–Crippen MR) is 290 cm³/mol. The van der Waals surface area contributed by atoms with E-state index in [4.69, 9.17) is 14.2 Å². The Labute approximate surface area is 465 Å². The number of hydrogen-bond acceptors (Lipinski definition) is 15. The van der Waals surface area contributed by atoms with Crippen LogP contribution in [0.4, 0.5) is 0 Å². The van der Waals surface area contributed by atoms with Crippen LogP contribution in [0.15, 0.2) is 24.3 Å². The van der Waals surface area contributed by atoms with Crippen molar-refractivity contribution in [3.63, 3.8) is 0 Å². The first-order valence-electron chi connectivity index (χ1n) is 28.0. The summed E-state index contributed by atoms with van der Waals surface area (Å²) in [6.07, 6.45) is -4.99. The summed E-state index contributed by atoms with van der Waals surface area (Å²) in [7, 11) is 4.29. The van der Waals surface area contributed by atoms with Gasteiger partial charge in [0.05, 0.1) is 31.6 Å². The van der Waals surface area contributed by atoms with Crippen molar-refractivity contribution in [2.75, 3.05) is 34.3 Å². The summed E-state index contributed by atoms with van der Waals surface area (Å²) in [4.78, 5) is 149. The van der Waals surface area contributed by atoms with Gasteiger partial charge in [0.2, 0.25) is 35.4 Å². The zero-order valence-electron chi connectivity index (χ0n) is 48.8. The van der Waals surface area contributed by atoms with Gasteiger partial charge in [-0.15, -0.1) is 0 Å². The number of ether oxygens (including phenoxy) is 3. The number of hydrogen-bond donors (Lipinski definition) is 5. The molecule has 3 aliphatic rings. The van der Waals surface area contributed by atoms with Crippen LogP contribution in [0.2, 0.25) is 0 Å². The molecule has 13 atom stereocenters. The molecule has 3 unspecified atom stereocenters. The highest BCUT2D eigenvalue weighted by molar-refractivity contribution is 6.05. The zero-order valence-corrected chi connectivity index (χ0v) is 48.8. The third-order valence-corrected chi connectivity index (χ3v) is 15.5. The molecule has 442 valence electrons. The van der Waals surface area contributed by atoms with Crippen LogP contribution in [-0.4, -0.2) is 190 Å². The molecule has 0 spiro atoms. The van der Waals surface area contributed by atoms with Crippen molar-refractivity contribution in [1.82, 2.24) is 35.6 Å². The summed E-state index contributed by atoms with van der Waals surface area (Å²) in [6, 6.07) is -2.19. The first kappa shape index (κ1) is 65.4. The molecule has 5 N–H and O–H groups in total. The Balaban J connectivity index is 1.89. The molecule has 22 heteroatoms. The molecule has 7 amide bonds. The minimum atomic E-state index is -1.76. The van der Waals surface area contributed by atoms with Gasteiger partial charge in [-0.25, -0.2) is 4.79 Å². The summed E-state index contributed by atoms with van der Waals surface area (Å²) >= 11 is 0. The molecule has 0 saturated carbocycles. The van der Waals surface area contributed by atoms with E-state index in [0.29, 0.717) is 30.6 Å². The second-order valence-corrected chi connectivity index (χ2v) is 23.0. The van der Waals surface area contributed by atoms with Gasteiger partial charge in [-0.1, -0.05) is 73.9 Å². The summed E-state index contributed by atoms with van der Waals surface area (Å²) in [6.45, 7) is 18.4. The van der Waals surface area contributed by atoms with Crippen LogP contribution in [0.3, 0.4) is 0 Å². The number of ketones is 1. The third kappa shape index (κ3) is 16.9. The van der Waals surface area contributed by atoms with Crippen LogP contribution in [0.25, 0.3) is 0 Å². The lowest BCUT2D eigenvalue weighted by Crippen LogP contribution is -2.62. The molecule has 1 aromatic carbocycles. The molecule has 0 aliphatic carbocycles. The van der Waals surface area contributed by atoms with Gasteiger partial charge in [-0.2, -0.15) is 0 Å². The van der Waals surface area contributed by atoms with E-state index in [-0.39, 0.29) is 57.0 Å². The molecular formula is C57H89N7O15. The Morgan fingerprint density at radius 3 is 2.06 bits per heavy atom. The quantitative estimate of drug-likeness (QED) is 0.124. The number of benzene rings is 1. The summed E-state index contributed by atoms with van der Waals surface area (Å²) in [5.74, 6) is -10.3. The fourth-order valence-corrected chi connectivity index (χ4v) is 10.5. The maximum atomic E-state index is 15.0. The van der Waals surface area contributed by atoms with E-state index in [1.165, 1.54) is 61.6 Å². The number of aliphatic hydroxyl groups is 2. The third-order valence-electron chi connectivity index (χ3n) is 15.5. The summed E-state index contributed by atoms with van der Waals surface area (Å²) in [5.41, 5.74) is 0.571. The molecule has 4 rings (SSSR count). The van der Waals surface area contributed by atoms with Gasteiger partial charge >= 0.3 is 11.9 Å². The van der Waals surface area contributed by atoms with E-state index in [2.05, 4.69) is 16.0 Å². The second-order valence-electron chi connectivity index (χ2n) is 23.0. The number of methoxy groups -OCH3 is 1. The van der Waals surface area contributed by atoms with E-state index in [0.717, 1.165) is 0 Å². The molecule has 3 fully saturated rings. The number of nitrogens with zero attached hydrogens (tertiary/aromatic N) is 4. The Morgan fingerprint density at radius 1 is 0.861 bits per heavy atom. The number of Topliss-reactive ketones (excluding diaryl/α,β-unsaturated/α-hetero) is 1. The van der Waals surface area contributed by atoms with E-state index >= 15 is 4.79 Å². The lowest BCUT2D eigenvalue weighted by atomic mass is 9.91. The molecular weight excluding hydrogens is 1020 g/mol. The average Bonchev–Trinajstić information content (AvgIpc) is 4.13. The fraction of sp³-hybridized carbons (Fsp3) is 0.719. The molecule has 0 aromatic heterocycles. The second kappa shape index (κ2) is 29.3. The number of likely N-dealkylation sites (tertiary alicyclic amines) is 1. The van der Waals surface area contributed by atoms with Crippen molar-refractivity contribution in [2.24, 2.45) is 29.6 Å². The molecule has 79 heavy (non-hydrogen) atoms. The minimum absolute atomic E-state index is 0.0720. The number of rotatable bonds is 15. The molecule has 3 heterocycles. The van der Waals surface area contributed by atoms with E-state index in [1.54, 1.807) is 52.0 Å². The number of aliphatic hydroxyl groups excluding tert-OH is 2. The summed E-state index contributed by atoms with van der Waals surface area (Å²) in [5, 5.41) is 30.2. The van der Waals surface area contributed by atoms with E-state index in [9.17, 15) is 53.4 Å². The van der Waals surface area contributed by atoms with Crippen LogP contribution in [0, 0.1) is 29.6 Å². The zero-order chi connectivity index (χ0) is 59.3. The predicted octanol–water partition coefficient (Wildman–Crippen LogP) is 2.32. The van der Waals surface area contributed by atoms with Crippen LogP contribution in [0.1, 0.15) is 133 Å². The molecule has 3 aliphatic heterocycles. The number of amides is 7. The smallest absolute Gasteiger partial charge is 0.329 e. The monoisotopic (exact) mass is 1110 g/mol. The van der Waals surface area contributed by atoms with Crippen molar-refractivity contribution >= 4 is 59.1 Å². The van der Waals surface area contributed by atoms with E-state index < -0.39 is 150 Å². The van der Waals surface area contributed by atoms with Gasteiger partial charge in [-0.05, 0) is 101 Å². The average molecular weight is 1110 g/mol. The van der Waals surface area contributed by atoms with Crippen molar-refractivity contribution in [3.05, 3.63) is 29.8 Å². The number of carbonyl (C=O) groups is 10. The topological polar surface area (TPSA) is 288 Å². The van der Waals surface area contributed by atoms with Crippen LogP contribution in [0.5, 0.6) is 5.75 Å². The minimum Gasteiger partial charge on any atom is -0.497 e. The standard InChI is InChI=1S/C57H89N7O15/c1-15-33(8)46-44(66)29-45(67)79-49(32(6)7)48(68)34(9)50(69)58-39(26-30(2)3)54(73)64-25-17-19-41(64)56(75)62(13)43(28-37-20-22-38(77-14)23-21-37)57(76)78-36(11)47(52(71)59-46)60-51(70)42(27-31(4)5)61(12)55(74)40-18-16-24-63(40)53(72)35(10)65/h20-23,30-36,39-44,46-47,49,65-66H,15-19,24-29H2,1-14H3,(H,58,69)(H,59,71)(H,60,70)/t33?,34-,35?,36+,39-,40?,41-,42+,43-,44-,46+,47-,49-/m0/s1. The molecule has 0 bridgehead atoms. The normalized spacial score (nSPS) is 27.7. The molecule has 22 nitrogen and oxygen atoms in total.